The average molecular weight is 312 g/mol. The highest BCUT2D eigenvalue weighted by Gasteiger charge is 2.27. The van der Waals surface area contributed by atoms with Gasteiger partial charge in [0.05, 0.1) is 0 Å². The summed E-state index contributed by atoms with van der Waals surface area (Å²) in [4.78, 5) is 8.58. The summed E-state index contributed by atoms with van der Waals surface area (Å²) in [6, 6.07) is 15.5. The van der Waals surface area contributed by atoms with Gasteiger partial charge in [0.2, 0.25) is 0 Å². The SMILES string of the molecule is CCCCN1CCC[C@H]1c1cccnc1Sc1ccccc1. The summed E-state index contributed by atoms with van der Waals surface area (Å²) >= 11 is 1.79. The molecule has 2 heterocycles. The van der Waals surface area contributed by atoms with Crippen LogP contribution in [0.1, 0.15) is 44.2 Å². The number of pyridine rings is 1. The summed E-state index contributed by atoms with van der Waals surface area (Å²) in [5, 5.41) is 1.17. The zero-order valence-electron chi connectivity index (χ0n) is 13.2. The Morgan fingerprint density at radius 1 is 1.18 bits per heavy atom. The molecule has 22 heavy (non-hydrogen) atoms. The van der Waals surface area contributed by atoms with Crippen LogP contribution in [0.2, 0.25) is 0 Å². The van der Waals surface area contributed by atoms with Gasteiger partial charge in [0.15, 0.2) is 0 Å². The first-order chi connectivity index (χ1) is 10.9. The summed E-state index contributed by atoms with van der Waals surface area (Å²) in [7, 11) is 0. The average Bonchev–Trinajstić information content (AvgIpc) is 3.03. The number of hydrogen-bond acceptors (Lipinski definition) is 3. The molecule has 1 aliphatic rings. The van der Waals surface area contributed by atoms with Gasteiger partial charge in [-0.1, -0.05) is 49.4 Å². The lowest BCUT2D eigenvalue weighted by molar-refractivity contribution is 0.250. The Labute approximate surface area is 138 Å². The molecule has 0 N–H and O–H groups in total. The van der Waals surface area contributed by atoms with Gasteiger partial charge in [-0.25, -0.2) is 4.98 Å². The summed E-state index contributed by atoms with van der Waals surface area (Å²) < 4.78 is 0. The highest BCUT2D eigenvalue weighted by molar-refractivity contribution is 7.99. The molecule has 1 aliphatic heterocycles. The summed E-state index contributed by atoms with van der Waals surface area (Å²) in [6.07, 6.45) is 7.04. The topological polar surface area (TPSA) is 16.1 Å². The molecular weight excluding hydrogens is 288 g/mol. The van der Waals surface area contributed by atoms with E-state index in [-0.39, 0.29) is 0 Å². The largest absolute Gasteiger partial charge is 0.296 e. The van der Waals surface area contributed by atoms with Gasteiger partial charge in [0.25, 0.3) is 0 Å². The van der Waals surface area contributed by atoms with Crippen molar-refractivity contribution in [3.05, 3.63) is 54.2 Å². The first-order valence-electron chi connectivity index (χ1n) is 8.30. The van der Waals surface area contributed by atoms with Crippen LogP contribution in [0.4, 0.5) is 0 Å². The van der Waals surface area contributed by atoms with E-state index in [4.69, 9.17) is 0 Å². The molecule has 1 atom stereocenters. The van der Waals surface area contributed by atoms with E-state index in [1.54, 1.807) is 11.8 Å². The maximum absolute atomic E-state index is 4.67. The molecule has 1 aromatic heterocycles. The highest BCUT2D eigenvalue weighted by Crippen LogP contribution is 2.38. The normalized spacial score (nSPS) is 18.7. The molecule has 0 amide bonds. The molecule has 2 nitrogen and oxygen atoms in total. The van der Waals surface area contributed by atoms with Crippen molar-refractivity contribution in [2.45, 2.75) is 48.6 Å². The summed E-state index contributed by atoms with van der Waals surface area (Å²) in [5.41, 5.74) is 1.41. The van der Waals surface area contributed by atoms with E-state index in [0.29, 0.717) is 6.04 Å². The first kappa shape index (κ1) is 15.6. The van der Waals surface area contributed by atoms with Crippen LogP contribution in [-0.4, -0.2) is 23.0 Å². The van der Waals surface area contributed by atoms with Crippen LogP contribution in [0.15, 0.2) is 58.6 Å². The van der Waals surface area contributed by atoms with Gasteiger partial charge < -0.3 is 0 Å². The second kappa shape index (κ2) is 7.80. The van der Waals surface area contributed by atoms with Crippen molar-refractivity contribution in [2.24, 2.45) is 0 Å². The number of hydrogen-bond donors (Lipinski definition) is 0. The zero-order valence-corrected chi connectivity index (χ0v) is 14.1. The molecule has 0 saturated carbocycles. The van der Waals surface area contributed by atoms with E-state index < -0.39 is 0 Å². The molecule has 1 saturated heterocycles. The lowest BCUT2D eigenvalue weighted by atomic mass is 10.1. The van der Waals surface area contributed by atoms with Crippen LogP contribution in [0.3, 0.4) is 0 Å². The van der Waals surface area contributed by atoms with E-state index in [0.717, 1.165) is 0 Å². The minimum atomic E-state index is 0.548. The fourth-order valence-electron chi connectivity index (χ4n) is 3.15. The molecule has 0 radical (unpaired) electrons. The summed E-state index contributed by atoms with van der Waals surface area (Å²) in [6.45, 7) is 4.71. The van der Waals surface area contributed by atoms with Crippen molar-refractivity contribution >= 4 is 11.8 Å². The van der Waals surface area contributed by atoms with Crippen molar-refractivity contribution < 1.29 is 0 Å². The lowest BCUT2D eigenvalue weighted by Crippen LogP contribution is -2.24. The molecule has 116 valence electrons. The van der Waals surface area contributed by atoms with Crippen LogP contribution in [-0.2, 0) is 0 Å². The van der Waals surface area contributed by atoms with Gasteiger partial charge in [0, 0.05) is 22.7 Å². The van der Waals surface area contributed by atoms with Gasteiger partial charge in [-0.3, -0.25) is 4.90 Å². The fourth-order valence-corrected chi connectivity index (χ4v) is 4.10. The number of aromatic nitrogens is 1. The fraction of sp³-hybridized carbons (Fsp3) is 0.421. The molecule has 1 fully saturated rings. The minimum absolute atomic E-state index is 0.548. The van der Waals surface area contributed by atoms with E-state index in [1.807, 2.05) is 6.20 Å². The lowest BCUT2D eigenvalue weighted by Gasteiger charge is -2.25. The van der Waals surface area contributed by atoms with Crippen LogP contribution < -0.4 is 0 Å². The second-order valence-electron chi connectivity index (χ2n) is 5.86. The number of nitrogens with zero attached hydrogens (tertiary/aromatic N) is 2. The van der Waals surface area contributed by atoms with E-state index in [1.165, 1.54) is 54.3 Å². The Kier molecular flexibility index (Phi) is 5.52. The molecule has 0 bridgehead atoms. The summed E-state index contributed by atoms with van der Waals surface area (Å²) in [5.74, 6) is 0. The van der Waals surface area contributed by atoms with Crippen molar-refractivity contribution in [3.63, 3.8) is 0 Å². The van der Waals surface area contributed by atoms with Crippen molar-refractivity contribution in [2.75, 3.05) is 13.1 Å². The van der Waals surface area contributed by atoms with Crippen LogP contribution in [0.25, 0.3) is 0 Å². The zero-order chi connectivity index (χ0) is 15.2. The number of benzene rings is 1. The van der Waals surface area contributed by atoms with E-state index >= 15 is 0 Å². The molecule has 2 aromatic rings. The molecule has 0 spiro atoms. The Bertz CT molecular complexity index is 585. The van der Waals surface area contributed by atoms with Crippen LogP contribution in [0.5, 0.6) is 0 Å². The third-order valence-electron chi connectivity index (χ3n) is 4.28. The number of likely N-dealkylation sites (tertiary alicyclic amines) is 1. The number of rotatable bonds is 6. The van der Waals surface area contributed by atoms with Gasteiger partial charge in [-0.15, -0.1) is 0 Å². The number of unbranched alkanes of at least 4 members (excludes halogenated alkanes) is 1. The maximum Gasteiger partial charge on any atom is 0.105 e. The van der Waals surface area contributed by atoms with Gasteiger partial charge in [0.1, 0.15) is 5.03 Å². The molecule has 0 aliphatic carbocycles. The van der Waals surface area contributed by atoms with Gasteiger partial charge in [-0.2, -0.15) is 0 Å². The third kappa shape index (κ3) is 3.71. The van der Waals surface area contributed by atoms with Gasteiger partial charge in [-0.05, 0) is 50.6 Å². The van der Waals surface area contributed by atoms with Crippen molar-refractivity contribution in [1.82, 2.24) is 9.88 Å². The molecular formula is C19H24N2S. The standard InChI is InChI=1S/C19H24N2S/c1-2-3-14-21-15-8-12-18(21)17-11-7-13-20-19(17)22-16-9-5-4-6-10-16/h4-7,9-11,13,18H,2-3,8,12,14-15H2,1H3/t18-/m0/s1. The molecule has 3 heteroatoms. The smallest absolute Gasteiger partial charge is 0.105 e. The van der Waals surface area contributed by atoms with Crippen LogP contribution >= 0.6 is 11.8 Å². The Morgan fingerprint density at radius 2 is 2.05 bits per heavy atom. The second-order valence-corrected chi connectivity index (χ2v) is 6.92. The van der Waals surface area contributed by atoms with Gasteiger partial charge >= 0.3 is 0 Å². The molecule has 1 aromatic carbocycles. The minimum Gasteiger partial charge on any atom is -0.296 e. The Hall–Kier alpha value is -1.32. The van der Waals surface area contributed by atoms with Crippen molar-refractivity contribution in [1.29, 1.82) is 0 Å². The van der Waals surface area contributed by atoms with E-state index in [9.17, 15) is 0 Å². The monoisotopic (exact) mass is 312 g/mol. The molecule has 0 unspecified atom stereocenters. The highest BCUT2D eigenvalue weighted by atomic mass is 32.2. The molecule has 3 rings (SSSR count). The Morgan fingerprint density at radius 3 is 2.86 bits per heavy atom. The quantitative estimate of drug-likeness (QED) is 0.732. The van der Waals surface area contributed by atoms with Crippen molar-refractivity contribution in [3.8, 4) is 0 Å². The third-order valence-corrected chi connectivity index (χ3v) is 5.32. The first-order valence-corrected chi connectivity index (χ1v) is 9.12. The predicted octanol–water partition coefficient (Wildman–Crippen LogP) is 5.17. The Balaban J connectivity index is 1.81. The van der Waals surface area contributed by atoms with E-state index in [2.05, 4.69) is 59.3 Å². The maximum atomic E-state index is 4.67. The van der Waals surface area contributed by atoms with Crippen LogP contribution in [0, 0.1) is 0 Å². The predicted molar refractivity (Wildman–Crippen MR) is 93.3 cm³/mol.